The van der Waals surface area contributed by atoms with Gasteiger partial charge < -0.3 is 25.2 Å². The Balaban J connectivity index is 1.67. The minimum Gasteiger partial charge on any atom is -0.394 e. The monoisotopic (exact) mass is 494 g/mol. The van der Waals surface area contributed by atoms with E-state index in [0.29, 0.717) is 24.0 Å². The van der Waals surface area contributed by atoms with Crippen molar-refractivity contribution in [3.05, 3.63) is 34.9 Å². The fourth-order valence-corrected chi connectivity index (χ4v) is 7.70. The molecule has 0 spiro atoms. The summed E-state index contributed by atoms with van der Waals surface area (Å²) in [4.78, 5) is 0. The van der Waals surface area contributed by atoms with Gasteiger partial charge in [0.25, 0.3) is 0 Å². The quantitative estimate of drug-likeness (QED) is 0.333. The first kappa shape index (κ1) is 27.9. The van der Waals surface area contributed by atoms with Crippen LogP contribution in [-0.2, 0) is 4.74 Å². The molecule has 4 N–H and O–H groups in total. The molecule has 2 unspecified atom stereocenters. The standard InChI is InChI=1S/C28H46O5S/c1-5-28(32,6-2)18-34-19(3)22-11-12-23-21(8-7-13-27(22,23)4)10-9-20-16-24(30)26(25(31)17-20)33-15-14-29/h9-11,19,23-26,29-32H,5-8,12-18H2,1-4H3/b20-9?,21-10+/t19-,23?,24-,25-,26?,27?/m1/s1. The van der Waals surface area contributed by atoms with Crippen molar-refractivity contribution in [2.75, 3.05) is 19.0 Å². The average Bonchev–Trinajstić information content (AvgIpc) is 3.18. The number of thioether (sulfide) groups is 1. The molecule has 194 valence electrons. The Bertz CT molecular complexity index is 757. The Morgan fingerprint density at radius 2 is 1.88 bits per heavy atom. The molecule has 3 rings (SSSR count). The summed E-state index contributed by atoms with van der Waals surface area (Å²) in [7, 11) is 0. The van der Waals surface area contributed by atoms with Crippen LogP contribution in [0.25, 0.3) is 0 Å². The Morgan fingerprint density at radius 3 is 2.50 bits per heavy atom. The summed E-state index contributed by atoms with van der Waals surface area (Å²) in [6.07, 6.45) is 11.8. The molecule has 0 aromatic carbocycles. The molecule has 0 aromatic heterocycles. The number of allylic oxidation sites excluding steroid dienone is 4. The predicted octanol–water partition coefficient (Wildman–Crippen LogP) is 4.54. The van der Waals surface area contributed by atoms with Gasteiger partial charge in [-0.15, -0.1) is 0 Å². The van der Waals surface area contributed by atoms with Crippen LogP contribution in [0.2, 0.25) is 0 Å². The molecule has 0 aliphatic heterocycles. The molecule has 5 nitrogen and oxygen atoms in total. The Morgan fingerprint density at radius 1 is 1.21 bits per heavy atom. The fourth-order valence-electron chi connectivity index (χ4n) is 6.19. The highest BCUT2D eigenvalue weighted by molar-refractivity contribution is 8.00. The maximum Gasteiger partial charge on any atom is 0.110 e. The van der Waals surface area contributed by atoms with Crippen LogP contribution >= 0.6 is 11.8 Å². The van der Waals surface area contributed by atoms with Crippen LogP contribution in [0.3, 0.4) is 0 Å². The summed E-state index contributed by atoms with van der Waals surface area (Å²) in [5.74, 6) is 1.29. The molecule has 5 atom stereocenters. The molecular weight excluding hydrogens is 448 g/mol. The van der Waals surface area contributed by atoms with Crippen LogP contribution in [-0.4, -0.2) is 68.6 Å². The van der Waals surface area contributed by atoms with Crippen LogP contribution in [0.15, 0.2) is 34.9 Å². The molecule has 3 aliphatic rings. The minimum atomic E-state index is -0.751. The van der Waals surface area contributed by atoms with Crippen molar-refractivity contribution in [3.8, 4) is 0 Å². The minimum absolute atomic E-state index is 0.115. The van der Waals surface area contributed by atoms with Gasteiger partial charge in [0.05, 0.1) is 31.0 Å². The third-order valence-electron chi connectivity index (χ3n) is 8.60. The van der Waals surface area contributed by atoms with E-state index in [0.717, 1.165) is 37.0 Å². The number of fused-ring (bicyclic) bond motifs is 1. The first-order chi connectivity index (χ1) is 16.2. The Kier molecular flexibility index (Phi) is 9.92. The van der Waals surface area contributed by atoms with Crippen molar-refractivity contribution in [2.45, 2.75) is 108 Å². The van der Waals surface area contributed by atoms with Crippen LogP contribution in [0.4, 0.5) is 0 Å². The first-order valence-electron chi connectivity index (χ1n) is 13.2. The van der Waals surface area contributed by atoms with Crippen molar-refractivity contribution in [3.63, 3.8) is 0 Å². The lowest BCUT2D eigenvalue weighted by molar-refractivity contribution is -0.115. The highest BCUT2D eigenvalue weighted by atomic mass is 32.2. The highest BCUT2D eigenvalue weighted by Crippen LogP contribution is 2.57. The van der Waals surface area contributed by atoms with E-state index in [1.165, 1.54) is 18.4 Å². The van der Waals surface area contributed by atoms with E-state index in [2.05, 4.69) is 45.9 Å². The molecule has 0 aromatic rings. The average molecular weight is 495 g/mol. The predicted molar refractivity (Wildman–Crippen MR) is 140 cm³/mol. The summed E-state index contributed by atoms with van der Waals surface area (Å²) >= 11 is 1.89. The van der Waals surface area contributed by atoms with E-state index in [1.54, 1.807) is 5.57 Å². The van der Waals surface area contributed by atoms with Crippen LogP contribution < -0.4 is 0 Å². The third kappa shape index (κ3) is 6.19. The number of hydrogen-bond donors (Lipinski definition) is 4. The zero-order valence-electron chi connectivity index (χ0n) is 21.5. The lowest BCUT2D eigenvalue weighted by Gasteiger charge is -2.42. The van der Waals surface area contributed by atoms with Gasteiger partial charge in [0, 0.05) is 11.0 Å². The van der Waals surface area contributed by atoms with Crippen molar-refractivity contribution >= 4 is 11.8 Å². The molecule has 0 heterocycles. The summed E-state index contributed by atoms with van der Waals surface area (Å²) < 4.78 is 5.44. The summed E-state index contributed by atoms with van der Waals surface area (Å²) in [5.41, 5.74) is 3.67. The zero-order valence-corrected chi connectivity index (χ0v) is 22.3. The van der Waals surface area contributed by atoms with Gasteiger partial charge in [-0.05, 0) is 69.6 Å². The number of ether oxygens (including phenoxy) is 1. The molecular formula is C28H46O5S. The number of aliphatic hydroxyl groups excluding tert-OH is 3. The van der Waals surface area contributed by atoms with E-state index in [9.17, 15) is 15.3 Å². The largest absolute Gasteiger partial charge is 0.394 e. The van der Waals surface area contributed by atoms with Crippen molar-refractivity contribution in [1.82, 2.24) is 0 Å². The van der Waals surface area contributed by atoms with E-state index < -0.39 is 23.9 Å². The van der Waals surface area contributed by atoms with Gasteiger partial charge >= 0.3 is 0 Å². The second-order valence-electron chi connectivity index (χ2n) is 10.8. The van der Waals surface area contributed by atoms with Gasteiger partial charge in [0.2, 0.25) is 0 Å². The fraction of sp³-hybridized carbons (Fsp3) is 0.786. The highest BCUT2D eigenvalue weighted by Gasteiger charge is 2.46. The normalized spacial score (nSPS) is 34.2. The maximum atomic E-state index is 10.7. The number of rotatable bonds is 10. The molecule has 6 heteroatoms. The van der Waals surface area contributed by atoms with E-state index >= 15 is 0 Å². The SMILES string of the molecule is CCC(O)(CC)CS[C@H](C)C1=CCC2/C(=C/C=C3C[C@@H](O)C(OCCO)[C@H](O)C3)CCCC12C. The molecule has 2 saturated carbocycles. The van der Waals surface area contributed by atoms with Crippen molar-refractivity contribution < 1.29 is 25.2 Å². The molecule has 3 aliphatic carbocycles. The van der Waals surface area contributed by atoms with Gasteiger partial charge in [0.1, 0.15) is 6.10 Å². The van der Waals surface area contributed by atoms with Crippen molar-refractivity contribution in [2.24, 2.45) is 11.3 Å². The van der Waals surface area contributed by atoms with Crippen LogP contribution in [0, 0.1) is 11.3 Å². The second-order valence-corrected chi connectivity index (χ2v) is 12.1. The molecule has 34 heavy (non-hydrogen) atoms. The topological polar surface area (TPSA) is 90.2 Å². The van der Waals surface area contributed by atoms with E-state index in [1.807, 2.05) is 11.8 Å². The summed E-state index contributed by atoms with van der Waals surface area (Å²) in [6, 6.07) is 0. The second kappa shape index (κ2) is 12.1. The van der Waals surface area contributed by atoms with Gasteiger partial charge in [-0.2, -0.15) is 11.8 Å². The molecule has 0 saturated heterocycles. The maximum absolute atomic E-state index is 10.7. The van der Waals surface area contributed by atoms with Gasteiger partial charge in [-0.1, -0.05) is 55.7 Å². The molecule has 0 bridgehead atoms. The smallest absolute Gasteiger partial charge is 0.110 e. The lowest BCUT2D eigenvalue weighted by Crippen LogP contribution is -2.44. The van der Waals surface area contributed by atoms with E-state index in [-0.39, 0.29) is 18.6 Å². The molecule has 2 fully saturated rings. The molecule has 0 amide bonds. The Hall–Kier alpha value is -0.630. The lowest BCUT2D eigenvalue weighted by atomic mass is 9.64. The van der Waals surface area contributed by atoms with Crippen LogP contribution in [0.5, 0.6) is 0 Å². The number of hydrogen-bond acceptors (Lipinski definition) is 6. The van der Waals surface area contributed by atoms with Gasteiger partial charge in [-0.3, -0.25) is 0 Å². The Labute approximate surface area is 210 Å². The number of aliphatic hydroxyl groups is 4. The summed E-state index contributed by atoms with van der Waals surface area (Å²) in [6.45, 7) is 8.88. The zero-order chi connectivity index (χ0) is 24.9. The summed E-state index contributed by atoms with van der Waals surface area (Å²) in [5, 5.41) is 41.0. The molecule has 0 radical (unpaired) electrons. The van der Waals surface area contributed by atoms with E-state index in [4.69, 9.17) is 9.84 Å². The first-order valence-corrected chi connectivity index (χ1v) is 14.2. The van der Waals surface area contributed by atoms with Crippen molar-refractivity contribution in [1.29, 1.82) is 0 Å². The van der Waals surface area contributed by atoms with Gasteiger partial charge in [0.15, 0.2) is 0 Å². The third-order valence-corrected chi connectivity index (χ3v) is 10.1. The van der Waals surface area contributed by atoms with Crippen LogP contribution in [0.1, 0.15) is 79.1 Å². The van der Waals surface area contributed by atoms with Gasteiger partial charge in [-0.25, -0.2) is 0 Å².